The molecule has 11 nitrogen and oxygen atoms in total. The summed E-state index contributed by atoms with van der Waals surface area (Å²) >= 11 is 3.23. The molecular formula is C37H43N7O4S2. The normalized spacial score (nSPS) is 12.9. The highest BCUT2D eigenvalue weighted by molar-refractivity contribution is 8.00. The fourth-order valence-corrected chi connectivity index (χ4v) is 7.60. The Morgan fingerprint density at radius 1 is 0.620 bits per heavy atom. The summed E-state index contributed by atoms with van der Waals surface area (Å²) in [4.78, 5) is 38.6. The van der Waals surface area contributed by atoms with Crippen molar-refractivity contribution in [2.75, 3.05) is 86.6 Å². The van der Waals surface area contributed by atoms with E-state index >= 15 is 0 Å². The number of ether oxygens (including phenoxy) is 2. The monoisotopic (exact) mass is 713 g/mol. The zero-order valence-corrected chi connectivity index (χ0v) is 31.2. The van der Waals surface area contributed by atoms with Crippen molar-refractivity contribution < 1.29 is 19.1 Å². The number of benzene rings is 4. The van der Waals surface area contributed by atoms with Crippen molar-refractivity contribution in [2.45, 2.75) is 38.5 Å². The van der Waals surface area contributed by atoms with Gasteiger partial charge in [0.25, 0.3) is 0 Å². The maximum atomic E-state index is 13.3. The number of nitrogens with one attached hydrogen (secondary N) is 2. The number of rotatable bonds is 10. The van der Waals surface area contributed by atoms with Crippen LogP contribution in [0.1, 0.15) is 12.8 Å². The van der Waals surface area contributed by atoms with Gasteiger partial charge in [0, 0.05) is 117 Å². The molecule has 0 saturated carbocycles. The van der Waals surface area contributed by atoms with E-state index < -0.39 is 18.0 Å². The van der Waals surface area contributed by atoms with Gasteiger partial charge in [0.15, 0.2) is 11.5 Å². The fraction of sp³-hybridized carbons (Fsp3) is 0.297. The van der Waals surface area contributed by atoms with E-state index in [1.54, 1.807) is 23.5 Å². The van der Waals surface area contributed by atoms with Crippen molar-refractivity contribution in [3.05, 3.63) is 60.7 Å². The van der Waals surface area contributed by atoms with Crippen molar-refractivity contribution in [3.63, 3.8) is 0 Å². The SMILES string of the molecule is CN(C)c1ccc2c(c1)Sc1cc(N(C)C)cc(OC(=O)CC[C@H](N)C(=O)Oc3cc(N(C)C)cc4c3Nc3ccc(N(C)C)cc3S4)c1N2. The Labute approximate surface area is 302 Å². The Kier molecular flexibility index (Phi) is 10.0. The zero-order valence-electron chi connectivity index (χ0n) is 29.6. The van der Waals surface area contributed by atoms with E-state index in [1.807, 2.05) is 103 Å². The van der Waals surface area contributed by atoms with Crippen molar-refractivity contribution in [1.82, 2.24) is 0 Å². The lowest BCUT2D eigenvalue weighted by molar-refractivity contribution is -0.137. The molecule has 2 aliphatic heterocycles. The Morgan fingerprint density at radius 3 is 1.48 bits per heavy atom. The predicted molar refractivity (Wildman–Crippen MR) is 206 cm³/mol. The number of anilines is 8. The highest BCUT2D eigenvalue weighted by Crippen LogP contribution is 2.52. The van der Waals surface area contributed by atoms with E-state index in [4.69, 9.17) is 15.2 Å². The number of carbonyl (C=O) groups excluding carboxylic acids is 2. The first-order chi connectivity index (χ1) is 23.8. The molecule has 0 unspecified atom stereocenters. The molecule has 0 fully saturated rings. The molecule has 1 atom stereocenters. The van der Waals surface area contributed by atoms with Crippen molar-refractivity contribution in [1.29, 1.82) is 0 Å². The van der Waals surface area contributed by atoms with Gasteiger partial charge in [-0.25, -0.2) is 4.79 Å². The standard InChI is InChI=1S/C37H43N7O4S2/c1-41(2)21-9-12-26-30(17-21)49-32-19-23(43(5)6)15-28(35(32)39-26)47-34(45)14-11-25(38)37(46)48-29-16-24(44(7)8)20-33-36(29)40-27-13-10-22(42(3)4)18-31(27)50-33/h9-10,12-13,15-20,25,39-40H,11,14,38H2,1-8H3/t25-/m0/s1. The number of esters is 2. The average molecular weight is 714 g/mol. The molecule has 0 spiro atoms. The summed E-state index contributed by atoms with van der Waals surface area (Å²) in [7, 11) is 15.8. The van der Waals surface area contributed by atoms with Gasteiger partial charge in [0.05, 0.1) is 22.7 Å². The number of carbonyl (C=O) groups is 2. The maximum absolute atomic E-state index is 13.3. The molecule has 0 aliphatic carbocycles. The van der Waals surface area contributed by atoms with Crippen LogP contribution in [0.15, 0.2) is 80.2 Å². The molecule has 0 aromatic heterocycles. The Hall–Kier alpha value is -4.72. The second-order valence-electron chi connectivity index (χ2n) is 13.1. The Balaban J connectivity index is 1.14. The van der Waals surface area contributed by atoms with Crippen LogP contribution >= 0.6 is 23.5 Å². The minimum Gasteiger partial charge on any atom is -0.424 e. The van der Waals surface area contributed by atoms with E-state index in [2.05, 4.69) is 44.7 Å². The Bertz CT molecular complexity index is 1960. The average Bonchev–Trinajstić information content (AvgIpc) is 3.08. The van der Waals surface area contributed by atoms with Crippen LogP contribution in [0.4, 0.5) is 45.5 Å². The molecule has 262 valence electrons. The molecule has 6 rings (SSSR count). The molecule has 4 N–H and O–H groups in total. The summed E-state index contributed by atoms with van der Waals surface area (Å²) in [6.07, 6.45) is -0.0157. The lowest BCUT2D eigenvalue weighted by Gasteiger charge is -2.27. The zero-order chi connectivity index (χ0) is 35.9. The molecule has 2 heterocycles. The third-order valence-electron chi connectivity index (χ3n) is 8.45. The van der Waals surface area contributed by atoms with Crippen LogP contribution in [0, 0.1) is 0 Å². The summed E-state index contributed by atoms with van der Waals surface area (Å²) in [5.74, 6) is -0.338. The van der Waals surface area contributed by atoms with Crippen LogP contribution in [0.5, 0.6) is 11.5 Å². The first-order valence-electron chi connectivity index (χ1n) is 16.2. The van der Waals surface area contributed by atoms with Gasteiger partial charge in [0.2, 0.25) is 0 Å². The third-order valence-corrected chi connectivity index (χ3v) is 10.7. The molecule has 0 radical (unpaired) electrons. The predicted octanol–water partition coefficient (Wildman–Crippen LogP) is 6.99. The first kappa shape index (κ1) is 35.1. The van der Waals surface area contributed by atoms with Gasteiger partial charge in [-0.05, 0) is 55.0 Å². The largest absolute Gasteiger partial charge is 0.424 e. The molecule has 50 heavy (non-hydrogen) atoms. The van der Waals surface area contributed by atoms with Crippen LogP contribution in [-0.2, 0) is 9.59 Å². The minimum absolute atomic E-state index is 0.0550. The smallest absolute Gasteiger partial charge is 0.328 e. The van der Waals surface area contributed by atoms with Crippen LogP contribution in [0.2, 0.25) is 0 Å². The highest BCUT2D eigenvalue weighted by atomic mass is 32.2. The number of nitrogens with two attached hydrogens (primary N) is 1. The van der Waals surface area contributed by atoms with Crippen molar-refractivity contribution >= 4 is 81.0 Å². The summed E-state index contributed by atoms with van der Waals surface area (Å²) in [6, 6.07) is 19.1. The van der Waals surface area contributed by atoms with Crippen LogP contribution in [-0.4, -0.2) is 74.4 Å². The minimum atomic E-state index is -1.04. The molecule has 4 aromatic rings. The van der Waals surface area contributed by atoms with Gasteiger partial charge in [0.1, 0.15) is 6.04 Å². The van der Waals surface area contributed by atoms with E-state index in [-0.39, 0.29) is 12.8 Å². The Morgan fingerprint density at radius 2 is 1.04 bits per heavy atom. The summed E-state index contributed by atoms with van der Waals surface area (Å²) in [6.45, 7) is 0. The lowest BCUT2D eigenvalue weighted by Crippen LogP contribution is -2.35. The summed E-state index contributed by atoms with van der Waals surface area (Å²) in [5.41, 5.74) is 13.5. The molecule has 0 bridgehead atoms. The summed E-state index contributed by atoms with van der Waals surface area (Å²) < 4.78 is 11.8. The second-order valence-corrected chi connectivity index (χ2v) is 15.2. The van der Waals surface area contributed by atoms with Crippen LogP contribution in [0.3, 0.4) is 0 Å². The number of nitrogens with zero attached hydrogens (tertiary/aromatic N) is 4. The lowest BCUT2D eigenvalue weighted by atomic mass is 10.1. The third kappa shape index (κ3) is 7.40. The van der Waals surface area contributed by atoms with Crippen LogP contribution < -0.4 is 45.4 Å². The van der Waals surface area contributed by atoms with E-state index in [0.29, 0.717) is 17.2 Å². The second kappa shape index (κ2) is 14.3. The van der Waals surface area contributed by atoms with Gasteiger partial charge in [-0.3, -0.25) is 4.79 Å². The van der Waals surface area contributed by atoms with Gasteiger partial charge in [-0.1, -0.05) is 23.5 Å². The van der Waals surface area contributed by atoms with Crippen molar-refractivity contribution in [2.24, 2.45) is 5.73 Å². The summed E-state index contributed by atoms with van der Waals surface area (Å²) in [5, 5.41) is 6.91. The molecular weight excluding hydrogens is 671 g/mol. The van der Waals surface area contributed by atoms with Gasteiger partial charge >= 0.3 is 11.9 Å². The molecule has 4 aromatic carbocycles. The highest BCUT2D eigenvalue weighted by Gasteiger charge is 2.27. The molecule has 13 heteroatoms. The molecule has 2 aliphatic rings. The van der Waals surface area contributed by atoms with E-state index in [9.17, 15) is 9.59 Å². The van der Waals surface area contributed by atoms with Crippen molar-refractivity contribution in [3.8, 4) is 11.5 Å². The first-order valence-corrected chi connectivity index (χ1v) is 17.8. The van der Waals surface area contributed by atoms with Crippen LogP contribution in [0.25, 0.3) is 0 Å². The van der Waals surface area contributed by atoms with Gasteiger partial charge in [-0.2, -0.15) is 0 Å². The quantitative estimate of drug-likeness (QED) is 0.100. The topological polar surface area (TPSA) is 116 Å². The van der Waals surface area contributed by atoms with E-state index in [0.717, 1.165) is 59.4 Å². The maximum Gasteiger partial charge on any atom is 0.328 e. The number of hydrogen-bond donors (Lipinski definition) is 3. The van der Waals surface area contributed by atoms with E-state index in [1.165, 1.54) is 0 Å². The number of hydrogen-bond acceptors (Lipinski definition) is 13. The van der Waals surface area contributed by atoms with Gasteiger partial charge in [-0.15, -0.1) is 0 Å². The molecule has 0 saturated heterocycles. The number of fused-ring (bicyclic) bond motifs is 4. The molecule has 0 amide bonds. The fourth-order valence-electron chi connectivity index (χ4n) is 5.45. The van der Waals surface area contributed by atoms with Gasteiger partial charge < -0.3 is 45.4 Å².